The maximum absolute atomic E-state index is 14.0. The summed E-state index contributed by atoms with van der Waals surface area (Å²) in [5.74, 6) is -0.711. The molecule has 7 nitrogen and oxygen atoms in total. The molecule has 2 rings (SSSR count). The molecule has 1 aliphatic rings. The van der Waals surface area contributed by atoms with Gasteiger partial charge in [-0.15, -0.1) is 0 Å². The summed E-state index contributed by atoms with van der Waals surface area (Å²) in [7, 11) is 0. The van der Waals surface area contributed by atoms with E-state index in [4.69, 9.17) is 9.47 Å². The largest absolute Gasteiger partial charge is 0.444 e. The summed E-state index contributed by atoms with van der Waals surface area (Å²) in [6, 6.07) is 3.11. The summed E-state index contributed by atoms with van der Waals surface area (Å²) in [4.78, 5) is 24.4. The second kappa shape index (κ2) is 7.03. The van der Waals surface area contributed by atoms with Gasteiger partial charge in [-0.05, 0) is 46.8 Å². The van der Waals surface area contributed by atoms with Gasteiger partial charge < -0.3 is 9.47 Å². The minimum Gasteiger partial charge on any atom is -0.444 e. The number of rotatable bonds is 3. The van der Waals surface area contributed by atoms with Crippen molar-refractivity contribution in [3.63, 3.8) is 0 Å². The fraction of sp³-hybridized carbons (Fsp3) is 0.500. The van der Waals surface area contributed by atoms with E-state index in [0.717, 1.165) is 6.07 Å². The number of hydrogen-bond acceptors (Lipinski definition) is 5. The number of amides is 1. The normalized spacial score (nSPS) is 19.8. The lowest BCUT2D eigenvalue weighted by Crippen LogP contribution is -2.49. The zero-order valence-electron chi connectivity index (χ0n) is 15.5. The molecular formula is C18H23FN2O5. The van der Waals surface area contributed by atoms with E-state index < -0.39 is 34.2 Å². The van der Waals surface area contributed by atoms with Crippen LogP contribution in [0, 0.1) is 15.9 Å². The second-order valence-corrected chi connectivity index (χ2v) is 7.46. The second-order valence-electron chi connectivity index (χ2n) is 7.46. The number of benzene rings is 1. The molecule has 0 aliphatic carbocycles. The van der Waals surface area contributed by atoms with E-state index in [2.05, 4.69) is 0 Å². The number of ether oxygens (including phenoxy) is 2. The average Bonchev–Trinajstić information content (AvgIpc) is 2.78. The van der Waals surface area contributed by atoms with Crippen molar-refractivity contribution in [2.75, 3.05) is 6.61 Å². The van der Waals surface area contributed by atoms with Gasteiger partial charge in [-0.3, -0.25) is 15.0 Å². The molecule has 0 aromatic heterocycles. The minimum atomic E-state index is -0.918. The number of nitro groups is 1. The van der Waals surface area contributed by atoms with Crippen molar-refractivity contribution in [1.29, 1.82) is 0 Å². The van der Waals surface area contributed by atoms with Crippen LogP contribution in [0.25, 0.3) is 6.08 Å². The molecule has 1 amide bonds. The Hall–Kier alpha value is -2.48. The lowest BCUT2D eigenvalue weighted by Gasteiger charge is -2.34. The van der Waals surface area contributed by atoms with Gasteiger partial charge in [0.25, 0.3) is 5.69 Å². The number of hydrogen-bond donors (Lipinski definition) is 0. The monoisotopic (exact) mass is 366 g/mol. The third-order valence-electron chi connectivity index (χ3n) is 3.82. The highest BCUT2D eigenvalue weighted by Crippen LogP contribution is 2.31. The van der Waals surface area contributed by atoms with Crippen LogP contribution in [0.2, 0.25) is 0 Å². The smallest absolute Gasteiger partial charge is 0.413 e. The topological polar surface area (TPSA) is 81.9 Å². The van der Waals surface area contributed by atoms with Crippen molar-refractivity contribution in [3.05, 3.63) is 45.8 Å². The molecule has 1 atom stereocenters. The molecule has 1 heterocycles. The predicted octanol–water partition coefficient (Wildman–Crippen LogP) is 4.12. The van der Waals surface area contributed by atoms with Crippen LogP contribution < -0.4 is 0 Å². The highest BCUT2D eigenvalue weighted by Gasteiger charge is 2.44. The number of carbonyl (C=O) groups excluding carboxylic acids is 1. The van der Waals surface area contributed by atoms with Crippen LogP contribution in [0.5, 0.6) is 0 Å². The Kier molecular flexibility index (Phi) is 5.36. The Morgan fingerprint density at radius 3 is 2.69 bits per heavy atom. The van der Waals surface area contributed by atoms with Crippen LogP contribution in [0.3, 0.4) is 0 Å². The standard InChI is InChI=1S/C18H23FN2O5/c1-17(2,3)26-16(22)20-12(11-25-18(20,4)5)9-10-13-14(19)7-6-8-15(13)21(23)24/h6-10,12H,11H2,1-5H3/b10-9+. The summed E-state index contributed by atoms with van der Waals surface area (Å²) in [6.45, 7) is 8.87. The molecule has 0 radical (unpaired) electrons. The molecule has 1 aliphatic heterocycles. The van der Waals surface area contributed by atoms with E-state index in [-0.39, 0.29) is 17.9 Å². The van der Waals surface area contributed by atoms with Crippen LogP contribution in [0.15, 0.2) is 24.3 Å². The van der Waals surface area contributed by atoms with Crippen molar-refractivity contribution in [3.8, 4) is 0 Å². The van der Waals surface area contributed by atoms with Crippen LogP contribution in [-0.4, -0.2) is 39.9 Å². The number of carbonyl (C=O) groups is 1. The quantitative estimate of drug-likeness (QED) is 0.594. The maximum Gasteiger partial charge on any atom is 0.413 e. The van der Waals surface area contributed by atoms with E-state index in [9.17, 15) is 19.3 Å². The van der Waals surface area contributed by atoms with Gasteiger partial charge in [0.1, 0.15) is 17.1 Å². The SMILES string of the molecule is CC(C)(C)OC(=O)N1C(/C=C/c2c(F)cccc2[N+](=O)[O-])COC1(C)C. The van der Waals surface area contributed by atoms with Gasteiger partial charge in [0.05, 0.1) is 23.1 Å². The molecule has 1 unspecified atom stereocenters. The van der Waals surface area contributed by atoms with E-state index in [1.165, 1.54) is 29.2 Å². The molecular weight excluding hydrogens is 343 g/mol. The molecule has 0 saturated carbocycles. The van der Waals surface area contributed by atoms with Crippen molar-refractivity contribution in [2.45, 2.75) is 52.0 Å². The van der Waals surface area contributed by atoms with E-state index in [0.29, 0.717) is 0 Å². The first-order valence-electron chi connectivity index (χ1n) is 8.20. The summed E-state index contributed by atoms with van der Waals surface area (Å²) in [6.07, 6.45) is 2.25. The fourth-order valence-corrected chi connectivity index (χ4v) is 2.70. The highest BCUT2D eigenvalue weighted by molar-refractivity contribution is 5.71. The highest BCUT2D eigenvalue weighted by atomic mass is 19.1. The molecule has 0 N–H and O–H groups in total. The van der Waals surface area contributed by atoms with E-state index in [1.54, 1.807) is 34.6 Å². The molecule has 142 valence electrons. The Morgan fingerprint density at radius 1 is 1.46 bits per heavy atom. The number of nitro benzene ring substituents is 1. The summed E-state index contributed by atoms with van der Waals surface area (Å²) < 4.78 is 25.1. The van der Waals surface area contributed by atoms with Crippen LogP contribution in [0.4, 0.5) is 14.9 Å². The van der Waals surface area contributed by atoms with E-state index in [1.807, 2.05) is 0 Å². The van der Waals surface area contributed by atoms with Gasteiger partial charge in [0.15, 0.2) is 0 Å². The lowest BCUT2D eigenvalue weighted by molar-refractivity contribution is -0.385. The summed E-state index contributed by atoms with van der Waals surface area (Å²) in [5, 5.41) is 11.1. The first kappa shape index (κ1) is 19.8. The molecule has 0 bridgehead atoms. The number of nitrogens with zero attached hydrogens (tertiary/aromatic N) is 2. The van der Waals surface area contributed by atoms with Crippen LogP contribution >= 0.6 is 0 Å². The average molecular weight is 366 g/mol. The Labute approximate surface area is 151 Å². The molecule has 8 heteroatoms. The zero-order valence-corrected chi connectivity index (χ0v) is 15.5. The van der Waals surface area contributed by atoms with Gasteiger partial charge in [-0.25, -0.2) is 9.18 Å². The summed E-state index contributed by atoms with van der Waals surface area (Å²) in [5.41, 5.74) is -2.10. The molecule has 1 aromatic carbocycles. The predicted molar refractivity (Wildman–Crippen MR) is 94.0 cm³/mol. The maximum atomic E-state index is 14.0. The van der Waals surface area contributed by atoms with Gasteiger partial charge in [-0.2, -0.15) is 0 Å². The van der Waals surface area contributed by atoms with Crippen molar-refractivity contribution >= 4 is 17.9 Å². The Bertz CT molecular complexity index is 740. The van der Waals surface area contributed by atoms with Gasteiger partial charge in [0.2, 0.25) is 0 Å². The van der Waals surface area contributed by atoms with Crippen molar-refractivity contribution in [2.24, 2.45) is 0 Å². The van der Waals surface area contributed by atoms with Gasteiger partial charge >= 0.3 is 6.09 Å². The van der Waals surface area contributed by atoms with Gasteiger partial charge in [-0.1, -0.05) is 12.1 Å². The molecule has 0 spiro atoms. The van der Waals surface area contributed by atoms with E-state index >= 15 is 0 Å². The van der Waals surface area contributed by atoms with Crippen molar-refractivity contribution < 1.29 is 23.6 Å². The molecule has 1 fully saturated rings. The fourth-order valence-electron chi connectivity index (χ4n) is 2.70. The lowest BCUT2D eigenvalue weighted by atomic mass is 10.1. The minimum absolute atomic E-state index is 0.147. The van der Waals surface area contributed by atoms with Gasteiger partial charge in [0, 0.05) is 6.07 Å². The molecule has 26 heavy (non-hydrogen) atoms. The first-order valence-corrected chi connectivity index (χ1v) is 8.20. The van der Waals surface area contributed by atoms with Crippen molar-refractivity contribution in [1.82, 2.24) is 4.90 Å². The summed E-state index contributed by atoms with van der Waals surface area (Å²) >= 11 is 0. The number of halogens is 1. The third-order valence-corrected chi connectivity index (χ3v) is 3.82. The zero-order chi connectivity index (χ0) is 19.7. The Balaban J connectivity index is 2.32. The molecule has 1 saturated heterocycles. The van der Waals surface area contributed by atoms with Crippen LogP contribution in [-0.2, 0) is 9.47 Å². The van der Waals surface area contributed by atoms with Crippen LogP contribution in [0.1, 0.15) is 40.2 Å². The molecule has 1 aromatic rings. The third kappa shape index (κ3) is 4.37. The Morgan fingerprint density at radius 2 is 2.12 bits per heavy atom. The first-order chi connectivity index (χ1) is 11.9.